The molecular formula is C24H18ClKN4O4S. The number of hydrogen-bond donors (Lipinski definition) is 2. The Hall–Kier alpha value is -1.92. The Bertz CT molecular complexity index is 1500. The van der Waals surface area contributed by atoms with Gasteiger partial charge in [0.2, 0.25) is 5.91 Å². The summed E-state index contributed by atoms with van der Waals surface area (Å²) < 4.78 is 1.47. The number of aromatic carboxylic acids is 1. The number of carboxylic acids is 1. The molecule has 5 rings (SSSR count). The molecule has 1 heterocycles. The van der Waals surface area contributed by atoms with Gasteiger partial charge in [0.25, 0.3) is 0 Å². The maximum Gasteiger partial charge on any atom is 1.00 e. The maximum atomic E-state index is 12.6. The van der Waals surface area contributed by atoms with Crippen LogP contribution in [0.15, 0.2) is 64.5 Å². The second-order valence-electron chi connectivity index (χ2n) is 7.96. The number of nitrogens with zero attached hydrogens (tertiary/aromatic N) is 2. The summed E-state index contributed by atoms with van der Waals surface area (Å²) in [4.78, 5) is 36.1. The van der Waals surface area contributed by atoms with Gasteiger partial charge in [-0.1, -0.05) is 59.8 Å². The minimum atomic E-state index is -1.36. The van der Waals surface area contributed by atoms with Crippen LogP contribution in [0.3, 0.4) is 0 Å². The van der Waals surface area contributed by atoms with Gasteiger partial charge in [0.1, 0.15) is 0 Å². The van der Waals surface area contributed by atoms with Crippen molar-refractivity contribution in [3.63, 3.8) is 0 Å². The Balaban J connectivity index is 0.00000289. The molecule has 1 fully saturated rings. The van der Waals surface area contributed by atoms with Gasteiger partial charge < -0.3 is 15.2 Å². The molecule has 1 aliphatic rings. The van der Waals surface area contributed by atoms with Crippen LogP contribution in [-0.2, 0) is 4.79 Å². The van der Waals surface area contributed by atoms with Crippen LogP contribution in [0.1, 0.15) is 34.7 Å². The summed E-state index contributed by atoms with van der Waals surface area (Å²) in [5, 5.41) is 22.6. The number of thioether (sulfide) groups is 1. The van der Waals surface area contributed by atoms with Crippen LogP contribution in [0.25, 0.3) is 16.5 Å². The zero-order valence-corrected chi connectivity index (χ0v) is 23.4. The molecule has 1 saturated carbocycles. The van der Waals surface area contributed by atoms with Crippen molar-refractivity contribution >= 4 is 51.7 Å². The van der Waals surface area contributed by atoms with Gasteiger partial charge in [0.15, 0.2) is 5.16 Å². The van der Waals surface area contributed by atoms with Gasteiger partial charge >= 0.3 is 57.1 Å². The van der Waals surface area contributed by atoms with Crippen LogP contribution in [0.2, 0.25) is 5.02 Å². The Morgan fingerprint density at radius 2 is 1.89 bits per heavy atom. The molecule has 0 aliphatic heterocycles. The maximum absolute atomic E-state index is 12.6. The number of rotatable bonds is 7. The van der Waals surface area contributed by atoms with Gasteiger partial charge in [-0.05, 0) is 53.5 Å². The van der Waals surface area contributed by atoms with Crippen LogP contribution in [0, 0.1) is 0 Å². The van der Waals surface area contributed by atoms with Crippen LogP contribution >= 0.6 is 23.4 Å². The third kappa shape index (κ3) is 5.59. The predicted octanol–water partition coefficient (Wildman–Crippen LogP) is 0.343. The van der Waals surface area contributed by atoms with Crippen molar-refractivity contribution in [3.8, 4) is 5.69 Å². The fourth-order valence-electron chi connectivity index (χ4n) is 3.90. The number of aromatic amines is 1. The van der Waals surface area contributed by atoms with Crippen molar-refractivity contribution in [3.05, 3.63) is 81.2 Å². The van der Waals surface area contributed by atoms with E-state index in [4.69, 9.17) is 11.6 Å². The molecule has 172 valence electrons. The van der Waals surface area contributed by atoms with E-state index >= 15 is 0 Å². The van der Waals surface area contributed by atoms with Crippen LogP contribution in [-0.4, -0.2) is 32.4 Å². The molecule has 0 unspecified atom stereocenters. The number of benzene rings is 3. The SMILES string of the molecule is O=C(CSc1n[nH]c(=O)n1-c1ccc(C2CC2)c2ccccc12)Nc1ccc(C(=O)[O-])cc1Cl.[K+]. The summed E-state index contributed by atoms with van der Waals surface area (Å²) in [5.41, 5.74) is 1.78. The Kier molecular flexibility index (Phi) is 8.22. The van der Waals surface area contributed by atoms with E-state index in [1.165, 1.54) is 41.2 Å². The molecule has 2 N–H and O–H groups in total. The number of carbonyl (C=O) groups is 2. The topological polar surface area (TPSA) is 120 Å². The summed E-state index contributed by atoms with van der Waals surface area (Å²) in [6.45, 7) is 0. The fraction of sp³-hybridized carbons (Fsp3) is 0.167. The van der Waals surface area contributed by atoms with E-state index in [1.54, 1.807) is 0 Å². The number of halogens is 1. The van der Waals surface area contributed by atoms with Crippen LogP contribution < -0.4 is 67.5 Å². The Morgan fingerprint density at radius 1 is 1.14 bits per heavy atom. The smallest absolute Gasteiger partial charge is 0.545 e. The van der Waals surface area contributed by atoms with Crippen LogP contribution in [0.5, 0.6) is 0 Å². The van der Waals surface area contributed by atoms with Crippen molar-refractivity contribution in [1.29, 1.82) is 0 Å². The molecular weight excluding hydrogens is 515 g/mol. The molecule has 1 aliphatic carbocycles. The standard InChI is InChI=1S/C24H19ClN4O4S.K/c25-18-11-14(22(31)32)7-9-19(18)26-21(30)12-34-24-28-27-23(33)29(24)20-10-8-15(13-5-6-13)16-3-1-2-4-17(16)20;/h1-4,7-11,13H,5-6,12H2,(H,26,30)(H,27,33)(H,31,32);/q;+1/p-1. The monoisotopic (exact) mass is 532 g/mol. The Labute approximate surface area is 251 Å². The molecule has 0 spiro atoms. The van der Waals surface area contributed by atoms with Crippen molar-refractivity contribution in [2.24, 2.45) is 0 Å². The number of aromatic nitrogens is 3. The number of hydrogen-bond acceptors (Lipinski definition) is 6. The number of amides is 1. The van der Waals surface area contributed by atoms with E-state index in [-0.39, 0.29) is 79.3 Å². The largest absolute Gasteiger partial charge is 1.00 e. The van der Waals surface area contributed by atoms with E-state index in [0.29, 0.717) is 16.8 Å². The summed E-state index contributed by atoms with van der Waals surface area (Å²) in [7, 11) is 0. The first-order valence-electron chi connectivity index (χ1n) is 10.6. The van der Waals surface area contributed by atoms with Gasteiger partial charge in [-0.25, -0.2) is 14.5 Å². The molecule has 0 radical (unpaired) electrons. The molecule has 0 atom stereocenters. The number of H-pyrrole nitrogens is 1. The first-order chi connectivity index (χ1) is 16.4. The molecule has 1 amide bonds. The molecule has 1 aromatic heterocycles. The minimum Gasteiger partial charge on any atom is -0.545 e. The van der Waals surface area contributed by atoms with E-state index in [2.05, 4.69) is 27.6 Å². The molecule has 0 saturated heterocycles. The number of carboxylic acid groups (broad SMARTS) is 1. The average molecular weight is 533 g/mol. The van der Waals surface area contributed by atoms with Crippen LogP contribution in [0.4, 0.5) is 5.69 Å². The molecule has 8 nitrogen and oxygen atoms in total. The van der Waals surface area contributed by atoms with Gasteiger partial charge in [-0.3, -0.25) is 4.79 Å². The summed E-state index contributed by atoms with van der Waals surface area (Å²) in [6.07, 6.45) is 2.34. The number of fused-ring (bicyclic) bond motifs is 1. The van der Waals surface area contributed by atoms with Gasteiger partial charge in [0.05, 0.1) is 28.1 Å². The first-order valence-corrected chi connectivity index (χ1v) is 11.9. The van der Waals surface area contributed by atoms with Crippen molar-refractivity contribution < 1.29 is 66.1 Å². The Morgan fingerprint density at radius 3 is 2.57 bits per heavy atom. The zero-order chi connectivity index (χ0) is 23.8. The van der Waals surface area contributed by atoms with Crippen molar-refractivity contribution in [2.45, 2.75) is 23.9 Å². The number of carbonyl (C=O) groups excluding carboxylic acids is 2. The summed E-state index contributed by atoms with van der Waals surface area (Å²) in [5.74, 6) is -1.22. The molecule has 35 heavy (non-hydrogen) atoms. The third-order valence-electron chi connectivity index (χ3n) is 5.65. The minimum absolute atomic E-state index is 0. The van der Waals surface area contributed by atoms with E-state index in [9.17, 15) is 19.5 Å². The molecule has 3 aromatic carbocycles. The third-order valence-corrected chi connectivity index (χ3v) is 6.90. The van der Waals surface area contributed by atoms with E-state index in [0.717, 1.165) is 22.5 Å². The number of anilines is 1. The molecule has 0 bridgehead atoms. The zero-order valence-electron chi connectivity index (χ0n) is 18.7. The quantitative estimate of drug-likeness (QED) is 0.262. The van der Waals surface area contributed by atoms with Gasteiger partial charge in [-0.2, -0.15) is 0 Å². The summed E-state index contributed by atoms with van der Waals surface area (Å²) in [6, 6.07) is 15.9. The number of nitrogens with one attached hydrogen (secondary N) is 2. The normalized spacial score (nSPS) is 12.8. The fourth-order valence-corrected chi connectivity index (χ4v) is 4.88. The van der Waals surface area contributed by atoms with Gasteiger partial charge in [-0.15, -0.1) is 5.10 Å². The van der Waals surface area contributed by atoms with E-state index in [1.807, 2.05) is 24.3 Å². The average Bonchev–Trinajstić information content (AvgIpc) is 3.61. The summed E-state index contributed by atoms with van der Waals surface area (Å²) >= 11 is 7.16. The van der Waals surface area contributed by atoms with Crippen molar-refractivity contribution in [1.82, 2.24) is 14.8 Å². The molecule has 11 heteroatoms. The van der Waals surface area contributed by atoms with Crippen molar-refractivity contribution in [2.75, 3.05) is 11.1 Å². The van der Waals surface area contributed by atoms with Gasteiger partial charge in [0, 0.05) is 5.39 Å². The van der Waals surface area contributed by atoms with E-state index < -0.39 is 11.7 Å². The predicted molar refractivity (Wildman–Crippen MR) is 129 cm³/mol. The second kappa shape index (κ2) is 11.0. The second-order valence-corrected chi connectivity index (χ2v) is 9.31. The first kappa shape index (κ1) is 26.1. The molecule has 4 aromatic rings.